The lowest BCUT2D eigenvalue weighted by molar-refractivity contribution is 0.322. The van der Waals surface area contributed by atoms with Gasteiger partial charge in [0.05, 0.1) is 0 Å². The minimum atomic E-state index is -1.42. The van der Waals surface area contributed by atoms with Crippen molar-refractivity contribution in [2.45, 2.75) is 73.6 Å². The fourth-order valence-corrected chi connectivity index (χ4v) is 8.42. The molecule has 0 aliphatic rings. The van der Waals surface area contributed by atoms with Crippen LogP contribution in [0, 0.1) is 17.3 Å². The van der Waals surface area contributed by atoms with Crippen molar-refractivity contribution < 1.29 is 0 Å². The fourth-order valence-electron chi connectivity index (χ4n) is 2.99. The zero-order valence-corrected chi connectivity index (χ0v) is 16.5. The van der Waals surface area contributed by atoms with Crippen LogP contribution >= 0.6 is 17.5 Å². The molecule has 116 valence electrons. The molecule has 0 nitrogen and oxygen atoms in total. The van der Waals surface area contributed by atoms with E-state index in [0.29, 0.717) is 11.3 Å². The van der Waals surface area contributed by atoms with Crippen molar-refractivity contribution in [1.82, 2.24) is 0 Å². The molecule has 0 rings (SSSR count). The third kappa shape index (κ3) is 11.3. The SMILES string of the molecule is CCCCC(CC)CP(=S)(S)CC(C)CC(C)(C)C. The van der Waals surface area contributed by atoms with Crippen LogP contribution in [-0.4, -0.2) is 12.3 Å². The smallest absolute Gasteiger partial charge is 0.00396 e. The third-order valence-corrected chi connectivity index (χ3v) is 7.80. The summed E-state index contributed by atoms with van der Waals surface area (Å²) < 4.78 is 0. The normalized spacial score (nSPS) is 18.9. The standard InChI is InChI=1S/C16H35PS2/c1-7-9-10-15(8-2)13-17(18,19)12-14(3)11-16(4,5)6/h14-15H,7-13H2,1-6H3,(H,18,19). The highest BCUT2D eigenvalue weighted by atomic mass is 32.9. The highest BCUT2D eigenvalue weighted by molar-refractivity contribution is 8.63. The summed E-state index contributed by atoms with van der Waals surface area (Å²) >= 11 is 10.8. The van der Waals surface area contributed by atoms with E-state index in [1.54, 1.807) is 0 Å². The molecular formula is C16H35PS2. The first-order valence-corrected chi connectivity index (χ1v) is 12.2. The van der Waals surface area contributed by atoms with E-state index >= 15 is 0 Å². The molecule has 3 unspecified atom stereocenters. The van der Waals surface area contributed by atoms with E-state index in [1.807, 2.05) is 0 Å². The Morgan fingerprint density at radius 3 is 2.16 bits per heavy atom. The fraction of sp³-hybridized carbons (Fsp3) is 1.00. The zero-order valence-electron chi connectivity index (χ0n) is 13.9. The third-order valence-electron chi connectivity index (χ3n) is 3.64. The van der Waals surface area contributed by atoms with Crippen molar-refractivity contribution in [2.24, 2.45) is 17.3 Å². The molecule has 19 heavy (non-hydrogen) atoms. The molecule has 0 bridgehead atoms. The average Bonchev–Trinajstić information content (AvgIpc) is 2.20. The van der Waals surface area contributed by atoms with Crippen molar-refractivity contribution >= 4 is 29.3 Å². The largest absolute Gasteiger partial charge is 0.141 e. The van der Waals surface area contributed by atoms with Crippen LogP contribution in [0.2, 0.25) is 0 Å². The van der Waals surface area contributed by atoms with Gasteiger partial charge in [-0.2, -0.15) is 0 Å². The van der Waals surface area contributed by atoms with Crippen LogP contribution in [0.25, 0.3) is 0 Å². The molecule has 3 heteroatoms. The summed E-state index contributed by atoms with van der Waals surface area (Å²) in [5.41, 5.74) is 0.412. The van der Waals surface area contributed by atoms with Crippen molar-refractivity contribution in [3.63, 3.8) is 0 Å². The molecule has 0 heterocycles. The topological polar surface area (TPSA) is 0 Å². The van der Waals surface area contributed by atoms with E-state index in [4.69, 9.17) is 24.1 Å². The van der Waals surface area contributed by atoms with Gasteiger partial charge in [0.25, 0.3) is 0 Å². The van der Waals surface area contributed by atoms with Gasteiger partial charge >= 0.3 is 0 Å². The van der Waals surface area contributed by atoms with Gasteiger partial charge in [-0.3, -0.25) is 0 Å². The summed E-state index contributed by atoms with van der Waals surface area (Å²) in [7, 11) is 0. The van der Waals surface area contributed by atoms with Gasteiger partial charge in [0.1, 0.15) is 0 Å². The number of hydrogen-bond acceptors (Lipinski definition) is 1. The first kappa shape index (κ1) is 20.0. The maximum absolute atomic E-state index is 5.88. The predicted molar refractivity (Wildman–Crippen MR) is 99.5 cm³/mol. The Morgan fingerprint density at radius 2 is 1.74 bits per heavy atom. The molecular weight excluding hydrogens is 287 g/mol. The van der Waals surface area contributed by atoms with Gasteiger partial charge in [-0.25, -0.2) is 0 Å². The zero-order chi connectivity index (χ0) is 15.1. The highest BCUT2D eigenvalue weighted by Crippen LogP contribution is 2.55. The van der Waals surface area contributed by atoms with Crippen molar-refractivity contribution in [3.8, 4) is 0 Å². The molecule has 0 radical (unpaired) electrons. The quantitative estimate of drug-likeness (QED) is 0.368. The summed E-state index contributed by atoms with van der Waals surface area (Å²) in [4.78, 5) is 0. The Labute approximate surface area is 132 Å². The van der Waals surface area contributed by atoms with Crippen LogP contribution in [0.15, 0.2) is 0 Å². The first-order chi connectivity index (χ1) is 8.59. The molecule has 0 saturated carbocycles. The van der Waals surface area contributed by atoms with Crippen LogP contribution in [0.1, 0.15) is 73.6 Å². The van der Waals surface area contributed by atoms with Crippen LogP contribution in [0.4, 0.5) is 0 Å². The Balaban J connectivity index is 4.32. The van der Waals surface area contributed by atoms with Crippen LogP contribution in [0.5, 0.6) is 0 Å². The second kappa shape index (κ2) is 9.11. The molecule has 0 aromatic heterocycles. The lowest BCUT2D eigenvalue weighted by atomic mass is 9.86. The second-order valence-corrected chi connectivity index (χ2v) is 15.1. The van der Waals surface area contributed by atoms with Gasteiger partial charge in [0, 0.05) is 5.24 Å². The summed E-state index contributed by atoms with van der Waals surface area (Å²) in [6.07, 6.45) is 8.90. The lowest BCUT2D eigenvalue weighted by Crippen LogP contribution is -2.15. The van der Waals surface area contributed by atoms with Gasteiger partial charge in [0.15, 0.2) is 0 Å². The lowest BCUT2D eigenvalue weighted by Gasteiger charge is -2.28. The Morgan fingerprint density at radius 1 is 1.16 bits per heavy atom. The second-order valence-electron chi connectivity index (χ2n) is 7.50. The number of thiol groups is 1. The molecule has 0 aliphatic heterocycles. The van der Waals surface area contributed by atoms with Gasteiger partial charge in [-0.1, -0.05) is 79.0 Å². The Bertz CT molecular complexity index is 281. The summed E-state index contributed by atoms with van der Waals surface area (Å²) in [5.74, 6) is 1.53. The summed E-state index contributed by atoms with van der Waals surface area (Å²) in [6.45, 7) is 13.9. The molecule has 0 aromatic carbocycles. The number of hydrogen-bond donors (Lipinski definition) is 1. The van der Waals surface area contributed by atoms with Gasteiger partial charge in [-0.15, -0.1) is 12.2 Å². The van der Waals surface area contributed by atoms with E-state index in [9.17, 15) is 0 Å². The maximum atomic E-state index is 5.88. The molecule has 0 saturated heterocycles. The van der Waals surface area contributed by atoms with Crippen molar-refractivity contribution in [3.05, 3.63) is 0 Å². The summed E-state index contributed by atoms with van der Waals surface area (Å²) in [5, 5.41) is -1.42. The Kier molecular flexibility index (Phi) is 9.59. The molecule has 0 aromatic rings. The molecule has 3 atom stereocenters. The molecule has 0 spiro atoms. The highest BCUT2D eigenvalue weighted by Gasteiger charge is 2.23. The number of rotatable bonds is 9. The monoisotopic (exact) mass is 322 g/mol. The van der Waals surface area contributed by atoms with Gasteiger partial charge in [0.2, 0.25) is 0 Å². The number of unbranched alkanes of at least 4 members (excludes halogenated alkanes) is 1. The predicted octanol–water partition coefficient (Wildman–Crippen LogP) is 6.60. The molecule has 0 N–H and O–H groups in total. The maximum Gasteiger partial charge on any atom is 0.00396 e. The molecule has 0 aliphatic carbocycles. The van der Waals surface area contributed by atoms with Gasteiger partial charge in [-0.05, 0) is 36.0 Å². The van der Waals surface area contributed by atoms with Crippen LogP contribution in [-0.2, 0) is 11.8 Å². The van der Waals surface area contributed by atoms with Crippen LogP contribution < -0.4 is 0 Å². The van der Waals surface area contributed by atoms with E-state index in [1.165, 1.54) is 44.4 Å². The van der Waals surface area contributed by atoms with Crippen molar-refractivity contribution in [1.29, 1.82) is 0 Å². The molecule has 0 fully saturated rings. The Hall–Kier alpha value is 1.00. The molecule has 0 amide bonds. The average molecular weight is 323 g/mol. The first-order valence-electron chi connectivity index (χ1n) is 7.90. The van der Waals surface area contributed by atoms with E-state index in [-0.39, 0.29) is 0 Å². The van der Waals surface area contributed by atoms with E-state index < -0.39 is 5.24 Å². The van der Waals surface area contributed by atoms with Gasteiger partial charge < -0.3 is 0 Å². The minimum Gasteiger partial charge on any atom is -0.141 e. The van der Waals surface area contributed by atoms with E-state index in [0.717, 1.165) is 5.92 Å². The van der Waals surface area contributed by atoms with Crippen molar-refractivity contribution in [2.75, 3.05) is 12.3 Å². The van der Waals surface area contributed by atoms with E-state index in [2.05, 4.69) is 41.5 Å². The summed E-state index contributed by atoms with van der Waals surface area (Å²) in [6, 6.07) is 0. The van der Waals surface area contributed by atoms with Crippen LogP contribution in [0.3, 0.4) is 0 Å². The minimum absolute atomic E-state index is 0.412.